The van der Waals surface area contributed by atoms with Crippen molar-refractivity contribution in [3.8, 4) is 0 Å². The van der Waals surface area contributed by atoms with Gasteiger partial charge in [-0.3, -0.25) is 0 Å². The molecule has 18 heavy (non-hydrogen) atoms. The van der Waals surface area contributed by atoms with E-state index >= 15 is 0 Å². The van der Waals surface area contributed by atoms with Crippen molar-refractivity contribution in [2.75, 3.05) is 13.2 Å². The number of hydrogen-bond donors (Lipinski definition) is 3. The predicted molar refractivity (Wildman–Crippen MR) is 73.4 cm³/mol. The molecular weight excluding hydrogens is 228 g/mol. The molecule has 3 unspecified atom stereocenters. The lowest BCUT2D eigenvalue weighted by atomic mass is 9.74. The molecule has 0 aromatic heterocycles. The van der Waals surface area contributed by atoms with Gasteiger partial charge in [0, 0.05) is 19.2 Å². The predicted octanol–water partition coefficient (Wildman–Crippen LogP) is 2.13. The number of aliphatic hydroxyl groups is 1. The molecule has 1 aliphatic carbocycles. The van der Waals surface area contributed by atoms with E-state index < -0.39 is 0 Å². The summed E-state index contributed by atoms with van der Waals surface area (Å²) < 4.78 is 0. The summed E-state index contributed by atoms with van der Waals surface area (Å²) in [5.41, 5.74) is 0. The van der Waals surface area contributed by atoms with Crippen molar-refractivity contribution >= 4 is 6.03 Å². The number of nitrogens with one attached hydrogen (secondary N) is 2. The number of amides is 2. The molecule has 0 bridgehead atoms. The van der Waals surface area contributed by atoms with Gasteiger partial charge in [0.2, 0.25) is 0 Å². The van der Waals surface area contributed by atoms with Crippen molar-refractivity contribution in [3.63, 3.8) is 0 Å². The fourth-order valence-electron chi connectivity index (χ4n) is 2.87. The van der Waals surface area contributed by atoms with Crippen LogP contribution >= 0.6 is 0 Å². The normalized spacial score (nSPS) is 28.2. The first kappa shape index (κ1) is 15.3. The van der Waals surface area contributed by atoms with E-state index in [1.807, 2.05) is 0 Å². The summed E-state index contributed by atoms with van der Waals surface area (Å²) in [5, 5.41) is 14.6. The van der Waals surface area contributed by atoms with Crippen LogP contribution in [-0.2, 0) is 0 Å². The average molecular weight is 256 g/mol. The van der Waals surface area contributed by atoms with E-state index in [4.69, 9.17) is 5.11 Å². The first-order valence-electron chi connectivity index (χ1n) is 7.19. The molecule has 1 aliphatic rings. The topological polar surface area (TPSA) is 61.4 Å². The summed E-state index contributed by atoms with van der Waals surface area (Å²) in [4.78, 5) is 11.8. The fourth-order valence-corrected chi connectivity index (χ4v) is 2.87. The zero-order valence-electron chi connectivity index (χ0n) is 11.9. The zero-order chi connectivity index (χ0) is 13.5. The Bertz CT molecular complexity index is 256. The van der Waals surface area contributed by atoms with Crippen LogP contribution in [0.1, 0.15) is 46.5 Å². The number of carbonyl (C=O) groups excluding carboxylic acids is 1. The minimum Gasteiger partial charge on any atom is -0.396 e. The molecule has 0 radical (unpaired) electrons. The summed E-state index contributed by atoms with van der Waals surface area (Å²) in [6, 6.07) is 0.205. The standard InChI is InChI=1S/C14H28N2O2/c1-10(2)12-6-5-11(3)9-13(12)16-14(18)15-7-4-8-17/h10-13,17H,4-9H2,1-3H3,(H2,15,16,18). The minimum absolute atomic E-state index is 0.0896. The van der Waals surface area contributed by atoms with E-state index in [1.165, 1.54) is 12.8 Å². The van der Waals surface area contributed by atoms with Crippen molar-refractivity contribution in [2.45, 2.75) is 52.5 Å². The second kappa shape index (κ2) is 7.62. The molecule has 106 valence electrons. The van der Waals surface area contributed by atoms with Gasteiger partial charge in [0.1, 0.15) is 0 Å². The number of carbonyl (C=O) groups is 1. The fraction of sp³-hybridized carbons (Fsp3) is 0.929. The third-order valence-electron chi connectivity index (χ3n) is 3.96. The van der Waals surface area contributed by atoms with Crippen molar-refractivity contribution in [3.05, 3.63) is 0 Å². The molecule has 3 atom stereocenters. The van der Waals surface area contributed by atoms with Crippen LogP contribution in [0.15, 0.2) is 0 Å². The van der Waals surface area contributed by atoms with Crippen LogP contribution in [0, 0.1) is 17.8 Å². The molecule has 4 nitrogen and oxygen atoms in total. The second-order valence-corrected chi connectivity index (χ2v) is 5.91. The van der Waals surface area contributed by atoms with E-state index in [-0.39, 0.29) is 12.6 Å². The molecule has 0 aromatic carbocycles. The smallest absolute Gasteiger partial charge is 0.315 e. The van der Waals surface area contributed by atoms with Crippen LogP contribution in [0.25, 0.3) is 0 Å². The van der Waals surface area contributed by atoms with E-state index in [2.05, 4.69) is 31.4 Å². The van der Waals surface area contributed by atoms with Crippen LogP contribution in [0.2, 0.25) is 0 Å². The molecule has 4 heteroatoms. The van der Waals surface area contributed by atoms with Crippen LogP contribution < -0.4 is 10.6 Å². The highest BCUT2D eigenvalue weighted by atomic mass is 16.3. The monoisotopic (exact) mass is 256 g/mol. The van der Waals surface area contributed by atoms with Gasteiger partial charge in [-0.2, -0.15) is 0 Å². The molecule has 1 rings (SSSR count). The lowest BCUT2D eigenvalue weighted by molar-refractivity contribution is 0.168. The highest BCUT2D eigenvalue weighted by Gasteiger charge is 2.31. The molecule has 3 N–H and O–H groups in total. The van der Waals surface area contributed by atoms with Crippen LogP contribution in [0.5, 0.6) is 0 Å². The van der Waals surface area contributed by atoms with Crippen molar-refractivity contribution in [1.82, 2.24) is 10.6 Å². The summed E-state index contributed by atoms with van der Waals surface area (Å²) >= 11 is 0. The molecule has 0 aliphatic heterocycles. The minimum atomic E-state index is -0.0896. The van der Waals surface area contributed by atoms with Crippen molar-refractivity contribution < 1.29 is 9.90 Å². The second-order valence-electron chi connectivity index (χ2n) is 5.91. The summed E-state index contributed by atoms with van der Waals surface area (Å²) in [7, 11) is 0. The molecule has 0 spiro atoms. The Balaban J connectivity index is 2.42. The molecule has 1 fully saturated rings. The van der Waals surface area contributed by atoms with Gasteiger partial charge in [0.15, 0.2) is 0 Å². The Morgan fingerprint density at radius 1 is 1.39 bits per heavy atom. The van der Waals surface area contributed by atoms with E-state index in [1.54, 1.807) is 0 Å². The van der Waals surface area contributed by atoms with Gasteiger partial charge in [-0.05, 0) is 37.0 Å². The van der Waals surface area contributed by atoms with Crippen LogP contribution in [0.3, 0.4) is 0 Å². The molecule has 0 heterocycles. The third-order valence-corrected chi connectivity index (χ3v) is 3.96. The summed E-state index contributed by atoms with van der Waals surface area (Å²) in [6.45, 7) is 7.39. The van der Waals surface area contributed by atoms with Gasteiger partial charge in [-0.15, -0.1) is 0 Å². The number of rotatable bonds is 5. The molecular formula is C14H28N2O2. The lowest BCUT2D eigenvalue weighted by Crippen LogP contribution is -2.49. The van der Waals surface area contributed by atoms with Crippen molar-refractivity contribution in [1.29, 1.82) is 0 Å². The van der Waals surface area contributed by atoms with E-state index in [0.29, 0.717) is 36.8 Å². The highest BCUT2D eigenvalue weighted by Crippen LogP contribution is 2.33. The van der Waals surface area contributed by atoms with Gasteiger partial charge in [0.25, 0.3) is 0 Å². The maximum atomic E-state index is 11.8. The van der Waals surface area contributed by atoms with Crippen LogP contribution in [-0.4, -0.2) is 30.3 Å². The largest absolute Gasteiger partial charge is 0.396 e. The Labute approximate surface area is 111 Å². The number of urea groups is 1. The third kappa shape index (κ3) is 4.84. The van der Waals surface area contributed by atoms with Gasteiger partial charge in [-0.1, -0.05) is 27.2 Å². The van der Waals surface area contributed by atoms with E-state index in [0.717, 1.165) is 6.42 Å². The van der Waals surface area contributed by atoms with Crippen molar-refractivity contribution in [2.24, 2.45) is 17.8 Å². The van der Waals surface area contributed by atoms with Gasteiger partial charge >= 0.3 is 6.03 Å². The molecule has 2 amide bonds. The highest BCUT2D eigenvalue weighted by molar-refractivity contribution is 5.74. The SMILES string of the molecule is CC1CCC(C(C)C)C(NC(=O)NCCCO)C1. The molecule has 0 aromatic rings. The maximum Gasteiger partial charge on any atom is 0.315 e. The lowest BCUT2D eigenvalue weighted by Gasteiger charge is -2.37. The van der Waals surface area contributed by atoms with Gasteiger partial charge in [0.05, 0.1) is 0 Å². The summed E-state index contributed by atoms with van der Waals surface area (Å²) in [5.74, 6) is 1.90. The zero-order valence-corrected chi connectivity index (χ0v) is 11.9. The first-order valence-corrected chi connectivity index (χ1v) is 7.19. The number of aliphatic hydroxyl groups excluding tert-OH is 1. The van der Waals surface area contributed by atoms with E-state index in [9.17, 15) is 4.79 Å². The Morgan fingerprint density at radius 2 is 2.11 bits per heavy atom. The molecule has 0 saturated heterocycles. The van der Waals surface area contributed by atoms with Crippen LogP contribution in [0.4, 0.5) is 4.79 Å². The molecule has 1 saturated carbocycles. The Kier molecular flexibility index (Phi) is 6.47. The Morgan fingerprint density at radius 3 is 2.72 bits per heavy atom. The average Bonchev–Trinajstić information content (AvgIpc) is 2.29. The summed E-state index contributed by atoms with van der Waals surface area (Å²) in [6.07, 6.45) is 4.17. The Hall–Kier alpha value is -0.770. The first-order chi connectivity index (χ1) is 8.54. The van der Waals surface area contributed by atoms with Gasteiger partial charge < -0.3 is 15.7 Å². The quantitative estimate of drug-likeness (QED) is 0.660. The van der Waals surface area contributed by atoms with Gasteiger partial charge in [-0.25, -0.2) is 4.79 Å². The number of hydrogen-bond acceptors (Lipinski definition) is 2. The maximum absolute atomic E-state index is 11.8.